The molecule has 2 aliphatic carbocycles. The zero-order valence-corrected chi connectivity index (χ0v) is 19.4. The fourth-order valence-electron chi connectivity index (χ4n) is 4.92. The van der Waals surface area contributed by atoms with Gasteiger partial charge in [-0.25, -0.2) is 0 Å². The Morgan fingerprint density at radius 3 is 2.38 bits per heavy atom. The number of carbonyl (C=O) groups excluding carboxylic acids is 1. The van der Waals surface area contributed by atoms with Crippen LogP contribution in [-0.2, 0) is 0 Å². The van der Waals surface area contributed by atoms with Crippen LogP contribution in [0.2, 0.25) is 0 Å². The number of aromatic nitrogens is 1. The summed E-state index contributed by atoms with van der Waals surface area (Å²) in [5.74, 6) is 2.59. The minimum absolute atomic E-state index is 0.0359. The van der Waals surface area contributed by atoms with E-state index in [0.29, 0.717) is 28.9 Å². The topological polar surface area (TPSA) is 63.4 Å². The highest BCUT2D eigenvalue weighted by Gasteiger charge is 2.24. The van der Waals surface area contributed by atoms with Gasteiger partial charge in [-0.2, -0.15) is 0 Å². The molecule has 2 aromatic rings. The first-order valence-electron chi connectivity index (χ1n) is 11.6. The quantitative estimate of drug-likeness (QED) is 0.577. The Bertz CT molecular complexity index is 988. The van der Waals surface area contributed by atoms with E-state index in [2.05, 4.69) is 28.5 Å². The van der Waals surface area contributed by atoms with Crippen molar-refractivity contribution in [2.24, 2.45) is 11.8 Å². The molecule has 1 amide bonds. The molecular formula is C27H34N2O3. The number of aryl methyl sites for hydroxylation is 1. The maximum Gasteiger partial charge on any atom is 0.253 e. The molecule has 170 valence electrons. The molecule has 0 atom stereocenters. The summed E-state index contributed by atoms with van der Waals surface area (Å²) >= 11 is 0. The number of hydrogen-bond donors (Lipinski definition) is 2. The predicted molar refractivity (Wildman–Crippen MR) is 128 cm³/mol. The Morgan fingerprint density at radius 1 is 1.03 bits per heavy atom. The van der Waals surface area contributed by atoms with Crippen molar-refractivity contribution in [1.82, 2.24) is 10.3 Å². The van der Waals surface area contributed by atoms with E-state index < -0.39 is 0 Å². The first-order valence-corrected chi connectivity index (χ1v) is 11.6. The van der Waals surface area contributed by atoms with Crippen LogP contribution in [0.1, 0.15) is 54.6 Å². The second-order valence-corrected chi connectivity index (χ2v) is 8.95. The summed E-state index contributed by atoms with van der Waals surface area (Å²) in [6.07, 6.45) is 14.2. The highest BCUT2D eigenvalue weighted by Crippen LogP contribution is 2.35. The van der Waals surface area contributed by atoms with Crippen LogP contribution in [0.3, 0.4) is 0 Å². The normalized spacial score (nSPS) is 20.5. The van der Waals surface area contributed by atoms with Crippen molar-refractivity contribution in [1.29, 1.82) is 0 Å². The van der Waals surface area contributed by atoms with E-state index in [1.54, 1.807) is 14.2 Å². The van der Waals surface area contributed by atoms with Gasteiger partial charge in [0.15, 0.2) is 0 Å². The summed E-state index contributed by atoms with van der Waals surface area (Å²) in [6.45, 7) is 2.69. The number of hydrogen-bond acceptors (Lipinski definition) is 3. The van der Waals surface area contributed by atoms with E-state index in [9.17, 15) is 4.79 Å². The number of amides is 1. The van der Waals surface area contributed by atoms with Crippen molar-refractivity contribution in [3.63, 3.8) is 0 Å². The van der Waals surface area contributed by atoms with Crippen molar-refractivity contribution in [2.75, 3.05) is 20.8 Å². The fourth-order valence-corrected chi connectivity index (χ4v) is 4.92. The summed E-state index contributed by atoms with van der Waals surface area (Å²) in [4.78, 5) is 16.4. The van der Waals surface area contributed by atoms with E-state index in [1.807, 2.05) is 31.2 Å². The van der Waals surface area contributed by atoms with Gasteiger partial charge in [0.1, 0.15) is 11.5 Å². The van der Waals surface area contributed by atoms with Crippen LogP contribution in [0.25, 0.3) is 11.3 Å². The molecule has 1 aromatic heterocycles. The molecule has 1 heterocycles. The average molecular weight is 435 g/mol. The van der Waals surface area contributed by atoms with Gasteiger partial charge in [0.05, 0.1) is 25.5 Å². The molecule has 5 nitrogen and oxygen atoms in total. The lowest BCUT2D eigenvalue weighted by atomic mass is 9.77. The highest BCUT2D eigenvalue weighted by molar-refractivity contribution is 6.00. The number of aromatic amines is 1. The largest absolute Gasteiger partial charge is 0.497 e. The molecule has 4 rings (SSSR count). The maximum absolute atomic E-state index is 13.1. The minimum Gasteiger partial charge on any atom is -0.497 e. The molecule has 0 aliphatic heterocycles. The molecule has 2 N–H and O–H groups in total. The van der Waals surface area contributed by atoms with Gasteiger partial charge >= 0.3 is 0 Å². The lowest BCUT2D eigenvalue weighted by Gasteiger charge is -2.30. The van der Waals surface area contributed by atoms with Gasteiger partial charge in [-0.15, -0.1) is 0 Å². The van der Waals surface area contributed by atoms with Gasteiger partial charge in [0, 0.05) is 23.9 Å². The maximum atomic E-state index is 13.1. The molecule has 0 bridgehead atoms. The van der Waals surface area contributed by atoms with Crippen molar-refractivity contribution < 1.29 is 14.3 Å². The summed E-state index contributed by atoms with van der Waals surface area (Å²) < 4.78 is 10.8. The summed E-state index contributed by atoms with van der Waals surface area (Å²) in [5.41, 5.74) is 4.79. The number of methoxy groups -OCH3 is 2. The molecule has 0 unspecified atom stereocenters. The summed E-state index contributed by atoms with van der Waals surface area (Å²) in [7, 11) is 3.25. The van der Waals surface area contributed by atoms with E-state index >= 15 is 0 Å². The van der Waals surface area contributed by atoms with Gasteiger partial charge < -0.3 is 19.8 Å². The van der Waals surface area contributed by atoms with Gasteiger partial charge in [0.25, 0.3) is 5.91 Å². The van der Waals surface area contributed by atoms with Crippen LogP contribution >= 0.6 is 0 Å². The first-order chi connectivity index (χ1) is 15.6. The highest BCUT2D eigenvalue weighted by atomic mass is 16.5. The third kappa shape index (κ3) is 5.09. The van der Waals surface area contributed by atoms with Gasteiger partial charge in [-0.05, 0) is 81.1 Å². The Morgan fingerprint density at radius 2 is 1.75 bits per heavy atom. The van der Waals surface area contributed by atoms with Gasteiger partial charge in [0.2, 0.25) is 0 Å². The Hall–Kier alpha value is -2.95. The molecule has 32 heavy (non-hydrogen) atoms. The van der Waals surface area contributed by atoms with Gasteiger partial charge in [-0.3, -0.25) is 4.79 Å². The van der Waals surface area contributed by atoms with Crippen molar-refractivity contribution in [3.05, 3.63) is 59.3 Å². The molecule has 2 aliphatic rings. The lowest BCUT2D eigenvalue weighted by molar-refractivity contribution is 0.0943. The van der Waals surface area contributed by atoms with Crippen LogP contribution in [0.5, 0.6) is 11.5 Å². The van der Waals surface area contributed by atoms with Crippen molar-refractivity contribution >= 4 is 5.91 Å². The molecule has 1 fully saturated rings. The second kappa shape index (κ2) is 10.1. The Balaban J connectivity index is 1.40. The smallest absolute Gasteiger partial charge is 0.253 e. The molecular weight excluding hydrogens is 400 g/mol. The van der Waals surface area contributed by atoms with Crippen LogP contribution in [0, 0.1) is 18.8 Å². The number of benzene rings is 1. The summed E-state index contributed by atoms with van der Waals surface area (Å²) in [6, 6.07) is 7.57. The zero-order valence-electron chi connectivity index (χ0n) is 19.4. The molecule has 0 saturated heterocycles. The second-order valence-electron chi connectivity index (χ2n) is 8.95. The fraction of sp³-hybridized carbons (Fsp3) is 0.444. The Kier molecular flexibility index (Phi) is 7.03. The van der Waals surface area contributed by atoms with Crippen LogP contribution in [0.15, 0.2) is 48.1 Å². The third-order valence-corrected chi connectivity index (χ3v) is 6.73. The van der Waals surface area contributed by atoms with E-state index in [1.165, 1.54) is 44.1 Å². The lowest BCUT2D eigenvalue weighted by Crippen LogP contribution is -2.31. The molecule has 1 saturated carbocycles. The van der Waals surface area contributed by atoms with Crippen molar-refractivity contribution in [2.45, 2.75) is 45.4 Å². The van der Waals surface area contributed by atoms with E-state index in [4.69, 9.17) is 9.47 Å². The van der Waals surface area contributed by atoms with E-state index in [-0.39, 0.29) is 5.91 Å². The number of allylic oxidation sites excluding steroid dienone is 4. The van der Waals surface area contributed by atoms with E-state index in [0.717, 1.165) is 23.5 Å². The number of ether oxygens (including phenoxy) is 2. The third-order valence-electron chi connectivity index (χ3n) is 6.73. The Labute approximate surface area is 190 Å². The first kappa shape index (κ1) is 22.3. The number of nitrogens with one attached hydrogen (secondary N) is 2. The summed E-state index contributed by atoms with van der Waals surface area (Å²) in [5, 5.41) is 3.19. The number of carbonyl (C=O) groups is 1. The predicted octanol–water partition coefficient (Wildman–Crippen LogP) is 5.82. The molecule has 5 heteroatoms. The number of rotatable bonds is 7. The zero-order chi connectivity index (χ0) is 22.5. The van der Waals surface area contributed by atoms with Crippen LogP contribution in [0.4, 0.5) is 0 Å². The molecule has 0 radical (unpaired) electrons. The molecule has 1 aromatic carbocycles. The molecule has 0 spiro atoms. The average Bonchev–Trinajstić information content (AvgIpc) is 3.25. The van der Waals surface area contributed by atoms with Gasteiger partial charge in [-0.1, -0.05) is 18.2 Å². The van der Waals surface area contributed by atoms with Crippen molar-refractivity contribution in [3.8, 4) is 22.8 Å². The van der Waals surface area contributed by atoms with Crippen LogP contribution < -0.4 is 14.8 Å². The number of H-pyrrole nitrogens is 1. The van der Waals surface area contributed by atoms with Crippen LogP contribution in [-0.4, -0.2) is 31.7 Å². The SMILES string of the molecule is COc1cc(OC)cc(-c2[nH]c(C)cc2C(=O)NCC2CCC(C3=CCCC=C3)CC2)c1. The monoisotopic (exact) mass is 434 g/mol. The minimum atomic E-state index is -0.0359. The standard InChI is InChI=1S/C27H34N2O3/c1-18-13-25(26(29-18)22-14-23(31-2)16-24(15-22)32-3)27(30)28-17-19-9-11-21(12-10-19)20-7-5-4-6-8-20/h5,7-8,13-16,19,21,29H,4,6,9-12,17H2,1-3H3,(H,28,30).